The molecule has 4 heteroatoms. The molecule has 3 nitrogen and oxygen atoms in total. The molecule has 0 unspecified atom stereocenters. The second kappa shape index (κ2) is 4.65. The van der Waals surface area contributed by atoms with Gasteiger partial charge in [0.2, 0.25) is 0 Å². The predicted molar refractivity (Wildman–Crippen MR) is 66.7 cm³/mol. The van der Waals surface area contributed by atoms with Crippen LogP contribution in [0, 0.1) is 3.57 Å². The molecule has 0 bridgehead atoms. The van der Waals surface area contributed by atoms with Gasteiger partial charge in [0, 0.05) is 16.8 Å². The molecule has 1 aromatic carbocycles. The molecule has 78 valence electrons. The van der Waals surface area contributed by atoms with Gasteiger partial charge in [0.1, 0.15) is 12.4 Å². The molecule has 0 fully saturated rings. The summed E-state index contributed by atoms with van der Waals surface area (Å²) in [5, 5.41) is 4.23. The Morgan fingerprint density at radius 3 is 2.60 bits per heavy atom. The molecule has 1 heterocycles. The second-order valence-electron chi connectivity index (χ2n) is 3.22. The summed E-state index contributed by atoms with van der Waals surface area (Å²) in [6.07, 6.45) is 1.91. The molecular weight excluding hydrogens is 303 g/mol. The SMILES string of the molecule is Cn1ccc(COc2ccc(I)cc2)n1. The Morgan fingerprint density at radius 2 is 2.00 bits per heavy atom. The third kappa shape index (κ3) is 2.95. The minimum Gasteiger partial charge on any atom is -0.487 e. The third-order valence-electron chi connectivity index (χ3n) is 1.97. The van der Waals surface area contributed by atoms with Crippen molar-refractivity contribution in [3.05, 3.63) is 45.8 Å². The van der Waals surface area contributed by atoms with Crippen LogP contribution >= 0.6 is 22.6 Å². The van der Waals surface area contributed by atoms with Crippen molar-refractivity contribution in [3.63, 3.8) is 0 Å². The summed E-state index contributed by atoms with van der Waals surface area (Å²) >= 11 is 2.27. The molecule has 0 saturated carbocycles. The van der Waals surface area contributed by atoms with E-state index in [0.717, 1.165) is 11.4 Å². The van der Waals surface area contributed by atoms with E-state index in [1.54, 1.807) is 4.68 Å². The van der Waals surface area contributed by atoms with Gasteiger partial charge in [-0.3, -0.25) is 4.68 Å². The molecule has 0 N–H and O–H groups in total. The number of nitrogens with zero attached hydrogens (tertiary/aromatic N) is 2. The van der Waals surface area contributed by atoms with Crippen molar-refractivity contribution in [2.75, 3.05) is 0 Å². The predicted octanol–water partition coefficient (Wildman–Crippen LogP) is 2.60. The van der Waals surface area contributed by atoms with Crippen LogP contribution in [0.4, 0.5) is 0 Å². The van der Waals surface area contributed by atoms with Crippen molar-refractivity contribution in [3.8, 4) is 5.75 Å². The number of hydrogen-bond donors (Lipinski definition) is 0. The van der Waals surface area contributed by atoms with Crippen LogP contribution in [0.5, 0.6) is 5.75 Å². The number of rotatable bonds is 3. The van der Waals surface area contributed by atoms with E-state index in [2.05, 4.69) is 27.7 Å². The number of halogens is 1. The first-order chi connectivity index (χ1) is 7.24. The van der Waals surface area contributed by atoms with E-state index >= 15 is 0 Å². The summed E-state index contributed by atoms with van der Waals surface area (Å²) in [4.78, 5) is 0. The van der Waals surface area contributed by atoms with E-state index in [4.69, 9.17) is 4.74 Å². The Balaban J connectivity index is 1.96. The van der Waals surface area contributed by atoms with Gasteiger partial charge in [-0.15, -0.1) is 0 Å². The monoisotopic (exact) mass is 314 g/mol. The molecule has 0 amide bonds. The van der Waals surface area contributed by atoms with Crippen molar-refractivity contribution in [2.45, 2.75) is 6.61 Å². The molecule has 2 aromatic rings. The minimum absolute atomic E-state index is 0.515. The molecule has 0 saturated heterocycles. The topological polar surface area (TPSA) is 27.1 Å². The van der Waals surface area contributed by atoms with E-state index in [-0.39, 0.29) is 0 Å². The van der Waals surface area contributed by atoms with E-state index in [1.165, 1.54) is 3.57 Å². The summed E-state index contributed by atoms with van der Waals surface area (Å²) in [6.45, 7) is 0.515. The fourth-order valence-corrected chi connectivity index (χ4v) is 1.59. The molecular formula is C11H11IN2O. The summed E-state index contributed by atoms with van der Waals surface area (Å²) < 4.78 is 8.56. The summed E-state index contributed by atoms with van der Waals surface area (Å²) in [5.41, 5.74) is 0.941. The fraction of sp³-hybridized carbons (Fsp3) is 0.182. The van der Waals surface area contributed by atoms with Gasteiger partial charge in [-0.2, -0.15) is 5.10 Å². The maximum absolute atomic E-state index is 5.58. The van der Waals surface area contributed by atoms with Crippen LogP contribution in [0.3, 0.4) is 0 Å². The maximum Gasteiger partial charge on any atom is 0.132 e. The van der Waals surface area contributed by atoms with Crippen LogP contribution in [-0.4, -0.2) is 9.78 Å². The lowest BCUT2D eigenvalue weighted by Crippen LogP contribution is -1.97. The first kappa shape index (κ1) is 10.5. The molecule has 0 aliphatic rings. The average Bonchev–Trinajstić information content (AvgIpc) is 2.64. The Hall–Kier alpha value is -1.04. The largest absolute Gasteiger partial charge is 0.487 e. The Morgan fingerprint density at radius 1 is 1.27 bits per heavy atom. The van der Waals surface area contributed by atoms with Crippen LogP contribution in [0.25, 0.3) is 0 Å². The number of aromatic nitrogens is 2. The van der Waals surface area contributed by atoms with Crippen LogP contribution in [0.15, 0.2) is 36.5 Å². The van der Waals surface area contributed by atoms with Gasteiger partial charge >= 0.3 is 0 Å². The number of ether oxygens (including phenoxy) is 1. The zero-order valence-electron chi connectivity index (χ0n) is 8.35. The fourth-order valence-electron chi connectivity index (χ4n) is 1.23. The molecule has 0 radical (unpaired) electrons. The van der Waals surface area contributed by atoms with Crippen LogP contribution in [-0.2, 0) is 13.7 Å². The highest BCUT2D eigenvalue weighted by Crippen LogP contribution is 2.14. The molecule has 2 rings (SSSR count). The molecule has 0 atom stereocenters. The van der Waals surface area contributed by atoms with E-state index in [9.17, 15) is 0 Å². The van der Waals surface area contributed by atoms with Crippen molar-refractivity contribution >= 4 is 22.6 Å². The smallest absolute Gasteiger partial charge is 0.132 e. The maximum atomic E-state index is 5.58. The lowest BCUT2D eigenvalue weighted by Gasteiger charge is -2.03. The number of aryl methyl sites for hydroxylation is 1. The highest BCUT2D eigenvalue weighted by Gasteiger charge is 1.98. The van der Waals surface area contributed by atoms with Crippen molar-refractivity contribution in [2.24, 2.45) is 7.05 Å². The van der Waals surface area contributed by atoms with Crippen molar-refractivity contribution < 1.29 is 4.74 Å². The van der Waals surface area contributed by atoms with Crippen molar-refractivity contribution in [1.82, 2.24) is 9.78 Å². The molecule has 1 aromatic heterocycles. The third-order valence-corrected chi connectivity index (χ3v) is 2.69. The standard InChI is InChI=1S/C11H11IN2O/c1-14-7-6-10(13-14)8-15-11-4-2-9(12)3-5-11/h2-7H,8H2,1H3. The molecule has 0 spiro atoms. The number of hydrogen-bond acceptors (Lipinski definition) is 2. The summed E-state index contributed by atoms with van der Waals surface area (Å²) in [5.74, 6) is 0.876. The molecule has 0 aliphatic carbocycles. The van der Waals surface area contributed by atoms with Gasteiger partial charge in [-0.25, -0.2) is 0 Å². The quantitative estimate of drug-likeness (QED) is 0.814. The van der Waals surface area contributed by atoms with Crippen LogP contribution < -0.4 is 4.74 Å². The lowest BCUT2D eigenvalue weighted by atomic mass is 10.3. The first-order valence-electron chi connectivity index (χ1n) is 4.61. The van der Waals surface area contributed by atoms with Gasteiger partial charge in [0.25, 0.3) is 0 Å². The zero-order chi connectivity index (χ0) is 10.7. The van der Waals surface area contributed by atoms with Crippen molar-refractivity contribution in [1.29, 1.82) is 0 Å². The van der Waals surface area contributed by atoms with E-state index in [1.807, 2.05) is 43.6 Å². The van der Waals surface area contributed by atoms with Crippen LogP contribution in [0.1, 0.15) is 5.69 Å². The lowest BCUT2D eigenvalue weighted by molar-refractivity contribution is 0.300. The molecule has 0 aliphatic heterocycles. The van der Waals surface area contributed by atoms with Gasteiger partial charge in [0.05, 0.1) is 5.69 Å². The van der Waals surface area contributed by atoms with Gasteiger partial charge in [-0.05, 0) is 52.9 Å². The minimum atomic E-state index is 0.515. The Labute approximate surface area is 102 Å². The normalized spacial score (nSPS) is 10.3. The van der Waals surface area contributed by atoms with Gasteiger partial charge < -0.3 is 4.74 Å². The summed E-state index contributed by atoms with van der Waals surface area (Å²) in [6, 6.07) is 9.92. The zero-order valence-corrected chi connectivity index (χ0v) is 10.5. The highest BCUT2D eigenvalue weighted by atomic mass is 127. The van der Waals surface area contributed by atoms with Gasteiger partial charge in [0.15, 0.2) is 0 Å². The van der Waals surface area contributed by atoms with E-state index < -0.39 is 0 Å². The first-order valence-corrected chi connectivity index (χ1v) is 5.69. The average molecular weight is 314 g/mol. The Kier molecular flexibility index (Phi) is 3.25. The number of benzene rings is 1. The second-order valence-corrected chi connectivity index (χ2v) is 4.47. The van der Waals surface area contributed by atoms with E-state index in [0.29, 0.717) is 6.61 Å². The van der Waals surface area contributed by atoms with Gasteiger partial charge in [-0.1, -0.05) is 0 Å². The van der Waals surface area contributed by atoms with Crippen LogP contribution in [0.2, 0.25) is 0 Å². The Bertz CT molecular complexity index is 436. The molecule has 15 heavy (non-hydrogen) atoms. The highest BCUT2D eigenvalue weighted by molar-refractivity contribution is 14.1. The summed E-state index contributed by atoms with van der Waals surface area (Å²) in [7, 11) is 1.90.